The molecular weight excluding hydrogens is 369 g/mol. The highest BCUT2D eigenvalue weighted by Gasteiger charge is 2.17. The minimum absolute atomic E-state index is 0.0511. The second kappa shape index (κ2) is 9.48. The molecule has 1 aromatic heterocycles. The summed E-state index contributed by atoms with van der Waals surface area (Å²) in [6.07, 6.45) is 2.50. The predicted molar refractivity (Wildman–Crippen MR) is 107 cm³/mol. The third-order valence-electron chi connectivity index (χ3n) is 4.48. The lowest BCUT2D eigenvalue weighted by molar-refractivity contribution is -0.113. The molecule has 0 bridgehead atoms. The maximum atomic E-state index is 12.9. The first-order valence-corrected chi connectivity index (χ1v) is 10.9. The molecule has 2 heterocycles. The van der Waals surface area contributed by atoms with E-state index in [0.29, 0.717) is 16.6 Å². The molecule has 1 amide bonds. The topological polar surface area (TPSA) is 45.2 Å². The summed E-state index contributed by atoms with van der Waals surface area (Å²) >= 11 is 2.99. The number of benzene rings is 1. The third-order valence-corrected chi connectivity index (χ3v) is 6.29. The van der Waals surface area contributed by atoms with Gasteiger partial charge in [-0.2, -0.15) is 0 Å². The van der Waals surface area contributed by atoms with E-state index in [1.165, 1.54) is 48.1 Å². The molecule has 0 radical (unpaired) electrons. The van der Waals surface area contributed by atoms with Gasteiger partial charge >= 0.3 is 0 Å². The molecule has 2 aromatic rings. The van der Waals surface area contributed by atoms with E-state index in [1.54, 1.807) is 12.1 Å². The van der Waals surface area contributed by atoms with Crippen LogP contribution >= 0.6 is 23.1 Å². The van der Waals surface area contributed by atoms with Crippen molar-refractivity contribution in [2.75, 3.05) is 24.2 Å². The van der Waals surface area contributed by atoms with Crippen LogP contribution in [0.15, 0.2) is 29.6 Å². The monoisotopic (exact) mass is 393 g/mol. The van der Waals surface area contributed by atoms with Crippen molar-refractivity contribution in [1.82, 2.24) is 9.88 Å². The predicted octanol–water partition coefficient (Wildman–Crippen LogP) is 4.39. The quantitative estimate of drug-likeness (QED) is 0.758. The molecule has 0 aliphatic carbocycles. The van der Waals surface area contributed by atoms with E-state index < -0.39 is 0 Å². The summed E-state index contributed by atoms with van der Waals surface area (Å²) in [4.78, 5) is 19.0. The molecule has 1 saturated heterocycles. The van der Waals surface area contributed by atoms with Crippen molar-refractivity contribution >= 4 is 34.1 Å². The fourth-order valence-electron chi connectivity index (χ4n) is 2.88. The molecule has 140 valence electrons. The zero-order valence-electron chi connectivity index (χ0n) is 14.9. The fourth-order valence-corrected chi connectivity index (χ4v) is 4.39. The molecule has 4 nitrogen and oxygen atoms in total. The molecule has 3 rings (SSSR count). The van der Waals surface area contributed by atoms with Crippen LogP contribution in [0.1, 0.15) is 31.0 Å². The zero-order valence-corrected chi connectivity index (χ0v) is 16.5. The third kappa shape index (κ3) is 6.07. The van der Waals surface area contributed by atoms with Crippen LogP contribution in [0.5, 0.6) is 0 Å². The Labute approximate surface area is 162 Å². The summed E-state index contributed by atoms with van der Waals surface area (Å²) in [7, 11) is 0. The van der Waals surface area contributed by atoms with Gasteiger partial charge in [-0.25, -0.2) is 9.37 Å². The lowest BCUT2D eigenvalue weighted by Crippen LogP contribution is -2.32. The van der Waals surface area contributed by atoms with Crippen molar-refractivity contribution < 1.29 is 9.18 Å². The molecule has 1 aromatic carbocycles. The number of hydrogen-bond acceptors (Lipinski definition) is 5. The maximum Gasteiger partial charge on any atom is 0.236 e. The summed E-state index contributed by atoms with van der Waals surface area (Å²) in [6.45, 7) is 5.42. The number of thiazole rings is 1. The van der Waals surface area contributed by atoms with Crippen LogP contribution in [-0.2, 0) is 17.1 Å². The first kappa shape index (κ1) is 19.3. The average Bonchev–Trinajstić information content (AvgIpc) is 3.05. The molecule has 0 saturated carbocycles. The number of likely N-dealkylation sites (tertiary alicyclic amines) is 1. The van der Waals surface area contributed by atoms with Crippen molar-refractivity contribution in [2.24, 2.45) is 5.92 Å². The number of piperidine rings is 1. The molecule has 1 aliphatic rings. The van der Waals surface area contributed by atoms with Gasteiger partial charge in [0.25, 0.3) is 0 Å². The molecular formula is C19H24FN3OS2. The largest absolute Gasteiger partial charge is 0.301 e. The van der Waals surface area contributed by atoms with Gasteiger partial charge in [0.1, 0.15) is 5.82 Å². The van der Waals surface area contributed by atoms with Crippen LogP contribution in [0.4, 0.5) is 9.52 Å². The molecule has 7 heteroatoms. The van der Waals surface area contributed by atoms with Crippen LogP contribution in [0.3, 0.4) is 0 Å². The molecule has 0 unspecified atom stereocenters. The van der Waals surface area contributed by atoms with Crippen LogP contribution in [0.2, 0.25) is 0 Å². The fraction of sp³-hybridized carbons (Fsp3) is 0.474. The van der Waals surface area contributed by atoms with Crippen LogP contribution in [0, 0.1) is 11.7 Å². The molecule has 1 aliphatic heterocycles. The Balaban J connectivity index is 1.39. The summed E-state index contributed by atoms with van der Waals surface area (Å²) in [6, 6.07) is 6.37. The van der Waals surface area contributed by atoms with Crippen LogP contribution in [0.25, 0.3) is 0 Å². The minimum Gasteiger partial charge on any atom is -0.301 e. The van der Waals surface area contributed by atoms with Crippen molar-refractivity contribution in [3.63, 3.8) is 0 Å². The van der Waals surface area contributed by atoms with E-state index in [1.807, 2.05) is 5.38 Å². The van der Waals surface area contributed by atoms with E-state index in [9.17, 15) is 9.18 Å². The van der Waals surface area contributed by atoms with Gasteiger partial charge in [-0.1, -0.05) is 19.1 Å². The van der Waals surface area contributed by atoms with Crippen LogP contribution < -0.4 is 5.32 Å². The molecule has 1 N–H and O–H groups in total. The highest BCUT2D eigenvalue weighted by atomic mass is 32.2. The maximum absolute atomic E-state index is 12.9. The zero-order chi connectivity index (χ0) is 18.4. The van der Waals surface area contributed by atoms with Gasteiger partial charge in [0.15, 0.2) is 5.13 Å². The first-order chi connectivity index (χ1) is 12.6. The van der Waals surface area contributed by atoms with Gasteiger partial charge in [0.2, 0.25) is 5.91 Å². The smallest absolute Gasteiger partial charge is 0.236 e. The van der Waals surface area contributed by atoms with Gasteiger partial charge in [0, 0.05) is 17.7 Å². The highest BCUT2D eigenvalue weighted by Crippen LogP contribution is 2.21. The number of amides is 1. The number of carbonyl (C=O) groups excluding carboxylic acids is 1. The Morgan fingerprint density at radius 1 is 1.35 bits per heavy atom. The van der Waals surface area contributed by atoms with Gasteiger partial charge in [-0.3, -0.25) is 9.69 Å². The van der Waals surface area contributed by atoms with Gasteiger partial charge in [0.05, 0.1) is 11.4 Å². The number of thioether (sulfide) groups is 1. The number of nitrogens with zero attached hydrogens (tertiary/aromatic N) is 2. The van der Waals surface area contributed by atoms with Crippen molar-refractivity contribution in [2.45, 2.75) is 32.1 Å². The second-order valence-corrected chi connectivity index (χ2v) is 8.61. The van der Waals surface area contributed by atoms with Gasteiger partial charge in [-0.05, 0) is 49.5 Å². The number of aromatic nitrogens is 1. The number of rotatable bonds is 7. The van der Waals surface area contributed by atoms with E-state index in [0.717, 1.165) is 36.8 Å². The Morgan fingerprint density at radius 3 is 2.81 bits per heavy atom. The van der Waals surface area contributed by atoms with Crippen molar-refractivity contribution in [3.05, 3.63) is 46.7 Å². The Morgan fingerprint density at radius 2 is 2.08 bits per heavy atom. The lowest BCUT2D eigenvalue weighted by Gasteiger charge is -2.29. The molecule has 26 heavy (non-hydrogen) atoms. The number of nitrogens with one attached hydrogen (secondary N) is 1. The summed E-state index contributed by atoms with van der Waals surface area (Å²) in [5, 5.41) is 5.56. The highest BCUT2D eigenvalue weighted by molar-refractivity contribution is 7.99. The number of carbonyl (C=O) groups is 1. The van der Waals surface area contributed by atoms with E-state index in [4.69, 9.17) is 0 Å². The number of anilines is 1. The van der Waals surface area contributed by atoms with Crippen molar-refractivity contribution in [1.29, 1.82) is 0 Å². The lowest BCUT2D eigenvalue weighted by atomic mass is 9.99. The van der Waals surface area contributed by atoms with Gasteiger partial charge in [-0.15, -0.1) is 23.1 Å². The normalized spacial score (nSPS) is 15.9. The SMILES string of the molecule is CC1CCN(Cc2csc(NC(=O)CSCc3ccc(F)cc3)n2)CC1. The Kier molecular flexibility index (Phi) is 7.05. The molecule has 0 spiro atoms. The van der Waals surface area contributed by atoms with E-state index in [-0.39, 0.29) is 11.7 Å². The summed E-state index contributed by atoms with van der Waals surface area (Å²) < 4.78 is 12.9. The summed E-state index contributed by atoms with van der Waals surface area (Å²) in [5.74, 6) is 1.57. The Bertz CT molecular complexity index is 712. The van der Waals surface area contributed by atoms with Gasteiger partial charge < -0.3 is 5.32 Å². The van der Waals surface area contributed by atoms with Crippen molar-refractivity contribution in [3.8, 4) is 0 Å². The summed E-state index contributed by atoms with van der Waals surface area (Å²) in [5.41, 5.74) is 2.04. The molecule has 0 atom stereocenters. The van der Waals surface area contributed by atoms with E-state index >= 15 is 0 Å². The molecule has 1 fully saturated rings. The number of hydrogen-bond donors (Lipinski definition) is 1. The number of halogens is 1. The van der Waals surface area contributed by atoms with Crippen LogP contribution in [-0.4, -0.2) is 34.6 Å². The standard InChI is InChI=1S/C19H24FN3OS2/c1-14-6-8-23(9-7-14)10-17-12-26-19(21-17)22-18(24)13-25-11-15-2-4-16(20)5-3-15/h2-5,12,14H,6-11,13H2,1H3,(H,21,22,24). The Hall–Kier alpha value is -1.44. The average molecular weight is 394 g/mol. The minimum atomic E-state index is -0.241. The first-order valence-electron chi connectivity index (χ1n) is 8.87. The van der Waals surface area contributed by atoms with E-state index in [2.05, 4.69) is 22.1 Å². The second-order valence-electron chi connectivity index (χ2n) is 6.77.